The molecule has 0 saturated heterocycles. The lowest BCUT2D eigenvalue weighted by Gasteiger charge is -2.07. The van der Waals surface area contributed by atoms with Crippen LogP contribution in [0.5, 0.6) is 5.75 Å². The van der Waals surface area contributed by atoms with E-state index in [2.05, 4.69) is 10.1 Å². The summed E-state index contributed by atoms with van der Waals surface area (Å²) in [6, 6.07) is 9.35. The zero-order chi connectivity index (χ0) is 15.2. The number of nitro groups is 1. The fourth-order valence-corrected chi connectivity index (χ4v) is 1.63. The molecule has 0 aliphatic heterocycles. The third-order valence-corrected chi connectivity index (χ3v) is 2.66. The summed E-state index contributed by atoms with van der Waals surface area (Å²) in [6.45, 7) is 0.102. The van der Waals surface area contributed by atoms with Gasteiger partial charge < -0.3 is 15.7 Å². The highest BCUT2D eigenvalue weighted by atomic mass is 16.6. The molecule has 2 aromatic rings. The maximum Gasteiger partial charge on any atom is 0.311 e. The number of oxime groups is 1. The molecule has 21 heavy (non-hydrogen) atoms. The summed E-state index contributed by atoms with van der Waals surface area (Å²) >= 11 is 0. The Morgan fingerprint density at radius 3 is 2.86 bits per heavy atom. The maximum absolute atomic E-state index is 11.1. The standard InChI is InChI=1S/C13H12N4O4/c14-13(16-18)9-4-5-12(11(7-9)17(19)20)21-8-10-3-1-2-6-15-10/h1-7,18H,8H2,(H2,14,16). The average molecular weight is 288 g/mol. The molecular weight excluding hydrogens is 276 g/mol. The molecule has 1 aromatic heterocycles. The van der Waals surface area contributed by atoms with Crippen molar-refractivity contribution >= 4 is 11.5 Å². The van der Waals surface area contributed by atoms with Crippen LogP contribution in [0.1, 0.15) is 11.3 Å². The molecule has 1 heterocycles. The van der Waals surface area contributed by atoms with E-state index in [0.29, 0.717) is 5.69 Å². The highest BCUT2D eigenvalue weighted by molar-refractivity contribution is 5.97. The first-order valence-electron chi connectivity index (χ1n) is 5.91. The summed E-state index contributed by atoms with van der Waals surface area (Å²) in [5.74, 6) is -0.130. The van der Waals surface area contributed by atoms with Crippen molar-refractivity contribution in [1.82, 2.24) is 4.98 Å². The Hall–Kier alpha value is -3.16. The molecule has 0 bridgehead atoms. The number of rotatable bonds is 5. The summed E-state index contributed by atoms with van der Waals surface area (Å²) in [7, 11) is 0. The van der Waals surface area contributed by atoms with E-state index in [9.17, 15) is 10.1 Å². The van der Waals surface area contributed by atoms with Crippen LogP contribution in [0.25, 0.3) is 0 Å². The van der Waals surface area contributed by atoms with Crippen LogP contribution in [0.3, 0.4) is 0 Å². The summed E-state index contributed by atoms with van der Waals surface area (Å²) in [5, 5.41) is 22.5. The zero-order valence-electron chi connectivity index (χ0n) is 10.8. The van der Waals surface area contributed by atoms with Crippen LogP contribution < -0.4 is 10.5 Å². The SMILES string of the molecule is NC(=NO)c1ccc(OCc2ccccn2)c([N+](=O)[O-])c1. The monoisotopic (exact) mass is 288 g/mol. The summed E-state index contributed by atoms with van der Waals surface area (Å²) in [4.78, 5) is 14.5. The minimum absolute atomic E-state index is 0.0835. The zero-order valence-corrected chi connectivity index (χ0v) is 10.8. The summed E-state index contributed by atoms with van der Waals surface area (Å²) in [6.07, 6.45) is 1.61. The van der Waals surface area contributed by atoms with Gasteiger partial charge in [-0.15, -0.1) is 0 Å². The van der Waals surface area contributed by atoms with Crippen LogP contribution in [-0.2, 0) is 6.61 Å². The molecule has 8 nitrogen and oxygen atoms in total. The number of hydrogen-bond donors (Lipinski definition) is 2. The van der Waals surface area contributed by atoms with E-state index in [-0.39, 0.29) is 29.4 Å². The van der Waals surface area contributed by atoms with Crippen LogP contribution >= 0.6 is 0 Å². The van der Waals surface area contributed by atoms with Gasteiger partial charge in [-0.05, 0) is 24.3 Å². The van der Waals surface area contributed by atoms with Gasteiger partial charge in [-0.3, -0.25) is 15.1 Å². The van der Waals surface area contributed by atoms with Crippen molar-refractivity contribution in [2.75, 3.05) is 0 Å². The lowest BCUT2D eigenvalue weighted by atomic mass is 10.1. The van der Waals surface area contributed by atoms with E-state index in [1.54, 1.807) is 24.4 Å². The third-order valence-electron chi connectivity index (χ3n) is 2.66. The molecule has 0 aliphatic carbocycles. The molecular formula is C13H12N4O4. The molecule has 0 radical (unpaired) electrons. The first-order chi connectivity index (χ1) is 10.1. The Morgan fingerprint density at radius 1 is 1.43 bits per heavy atom. The molecule has 0 aliphatic rings. The highest BCUT2D eigenvalue weighted by Gasteiger charge is 2.17. The van der Waals surface area contributed by atoms with Crippen LogP contribution in [0.2, 0.25) is 0 Å². The minimum Gasteiger partial charge on any atom is -0.480 e. The molecule has 0 spiro atoms. The fraction of sp³-hybridized carbons (Fsp3) is 0.0769. The van der Waals surface area contributed by atoms with Crippen molar-refractivity contribution in [2.45, 2.75) is 6.61 Å². The highest BCUT2D eigenvalue weighted by Crippen LogP contribution is 2.28. The Kier molecular flexibility index (Phi) is 4.30. The molecule has 2 rings (SSSR count). The number of aromatic nitrogens is 1. The number of ether oxygens (including phenoxy) is 1. The van der Waals surface area contributed by atoms with Gasteiger partial charge in [-0.1, -0.05) is 11.2 Å². The van der Waals surface area contributed by atoms with Gasteiger partial charge in [0.1, 0.15) is 6.61 Å². The van der Waals surface area contributed by atoms with Crippen molar-refractivity contribution in [3.63, 3.8) is 0 Å². The first-order valence-corrected chi connectivity index (χ1v) is 5.91. The van der Waals surface area contributed by atoms with Gasteiger partial charge in [-0.2, -0.15) is 0 Å². The quantitative estimate of drug-likeness (QED) is 0.283. The number of hydrogen-bond acceptors (Lipinski definition) is 6. The Morgan fingerprint density at radius 2 is 2.24 bits per heavy atom. The van der Waals surface area contributed by atoms with Crippen molar-refractivity contribution in [1.29, 1.82) is 0 Å². The van der Waals surface area contributed by atoms with Gasteiger partial charge >= 0.3 is 5.69 Å². The second kappa shape index (κ2) is 6.33. The van der Waals surface area contributed by atoms with Crippen molar-refractivity contribution in [3.8, 4) is 5.75 Å². The molecule has 0 amide bonds. The van der Waals surface area contributed by atoms with E-state index >= 15 is 0 Å². The fourth-order valence-electron chi connectivity index (χ4n) is 1.63. The largest absolute Gasteiger partial charge is 0.480 e. The van der Waals surface area contributed by atoms with Gasteiger partial charge in [0, 0.05) is 17.8 Å². The van der Waals surface area contributed by atoms with Gasteiger partial charge in [-0.25, -0.2) is 0 Å². The lowest BCUT2D eigenvalue weighted by Crippen LogP contribution is -2.13. The van der Waals surface area contributed by atoms with E-state index in [1.165, 1.54) is 18.2 Å². The second-order valence-corrected chi connectivity index (χ2v) is 4.03. The van der Waals surface area contributed by atoms with Crippen molar-refractivity contribution in [3.05, 3.63) is 64.0 Å². The average Bonchev–Trinajstić information content (AvgIpc) is 2.52. The normalized spacial score (nSPS) is 11.1. The summed E-state index contributed by atoms with van der Waals surface area (Å²) < 4.78 is 5.41. The summed E-state index contributed by atoms with van der Waals surface area (Å²) in [5.41, 5.74) is 6.01. The molecule has 0 saturated carbocycles. The molecule has 0 atom stereocenters. The predicted molar refractivity (Wildman–Crippen MR) is 74.2 cm³/mol. The molecule has 108 valence electrons. The van der Waals surface area contributed by atoms with E-state index < -0.39 is 4.92 Å². The number of nitrogens with two attached hydrogens (primary N) is 1. The molecule has 0 fully saturated rings. The van der Waals surface area contributed by atoms with E-state index in [0.717, 1.165) is 0 Å². The Labute approximate surface area is 119 Å². The van der Waals surface area contributed by atoms with Gasteiger partial charge in [0.15, 0.2) is 11.6 Å². The van der Waals surface area contributed by atoms with Crippen LogP contribution in [-0.4, -0.2) is 21.0 Å². The minimum atomic E-state index is -0.595. The van der Waals surface area contributed by atoms with Crippen LogP contribution in [0.15, 0.2) is 47.8 Å². The number of nitro benzene ring substituents is 1. The third kappa shape index (κ3) is 3.44. The second-order valence-electron chi connectivity index (χ2n) is 4.03. The first kappa shape index (κ1) is 14.3. The topological polar surface area (TPSA) is 124 Å². The number of nitrogens with zero attached hydrogens (tertiary/aromatic N) is 3. The Balaban J connectivity index is 2.25. The molecule has 0 unspecified atom stereocenters. The number of amidine groups is 1. The van der Waals surface area contributed by atoms with Crippen molar-refractivity contribution in [2.24, 2.45) is 10.9 Å². The maximum atomic E-state index is 11.1. The molecule has 8 heteroatoms. The molecule has 3 N–H and O–H groups in total. The van der Waals surface area contributed by atoms with E-state index in [1.807, 2.05) is 0 Å². The van der Waals surface area contributed by atoms with Crippen LogP contribution in [0.4, 0.5) is 5.69 Å². The number of benzene rings is 1. The lowest BCUT2D eigenvalue weighted by molar-refractivity contribution is -0.386. The molecule has 1 aromatic carbocycles. The van der Waals surface area contributed by atoms with Gasteiger partial charge in [0.25, 0.3) is 0 Å². The van der Waals surface area contributed by atoms with Gasteiger partial charge in [0.2, 0.25) is 0 Å². The van der Waals surface area contributed by atoms with Crippen molar-refractivity contribution < 1.29 is 14.9 Å². The van der Waals surface area contributed by atoms with E-state index in [4.69, 9.17) is 15.7 Å². The number of pyridine rings is 1. The predicted octanol–water partition coefficient (Wildman–Crippen LogP) is 1.66. The van der Waals surface area contributed by atoms with Gasteiger partial charge in [0.05, 0.1) is 10.6 Å². The smallest absolute Gasteiger partial charge is 0.311 e. The Bertz CT molecular complexity index is 673. The van der Waals surface area contributed by atoms with Crippen LogP contribution in [0, 0.1) is 10.1 Å².